The van der Waals surface area contributed by atoms with E-state index in [4.69, 9.17) is 4.52 Å². The Kier molecular flexibility index (Phi) is 4.27. The highest BCUT2D eigenvalue weighted by molar-refractivity contribution is 7.89. The number of nitrogens with zero attached hydrogens (tertiary/aromatic N) is 3. The van der Waals surface area contributed by atoms with Gasteiger partial charge in [0.1, 0.15) is 5.76 Å². The van der Waals surface area contributed by atoms with Crippen molar-refractivity contribution in [2.75, 3.05) is 31.9 Å². The highest BCUT2D eigenvalue weighted by Gasteiger charge is 2.26. The Morgan fingerprint density at radius 1 is 1.21 bits per heavy atom. The van der Waals surface area contributed by atoms with E-state index < -0.39 is 10.0 Å². The van der Waals surface area contributed by atoms with E-state index >= 15 is 0 Å². The molecule has 6 nitrogen and oxygen atoms in total. The Bertz CT molecular complexity index is 511. The average Bonchev–Trinajstić information content (AvgIpc) is 2.71. The van der Waals surface area contributed by atoms with Crippen LogP contribution in [0, 0.1) is 13.8 Å². The van der Waals surface area contributed by atoms with Gasteiger partial charge in [-0.25, -0.2) is 8.42 Å². The second-order valence-electron chi connectivity index (χ2n) is 4.88. The molecule has 2 heterocycles. The van der Waals surface area contributed by atoms with E-state index in [0.29, 0.717) is 13.1 Å². The molecule has 1 saturated heterocycles. The van der Waals surface area contributed by atoms with Gasteiger partial charge >= 0.3 is 0 Å². The molecule has 1 aromatic heterocycles. The Labute approximate surface area is 114 Å². The van der Waals surface area contributed by atoms with E-state index in [2.05, 4.69) is 10.1 Å². The van der Waals surface area contributed by atoms with Crippen LogP contribution in [-0.4, -0.2) is 54.7 Å². The molecule has 19 heavy (non-hydrogen) atoms. The Balaban J connectivity index is 1.94. The van der Waals surface area contributed by atoms with Crippen molar-refractivity contribution < 1.29 is 12.9 Å². The van der Waals surface area contributed by atoms with Crippen LogP contribution in [-0.2, 0) is 16.6 Å². The fraction of sp³-hybridized carbons (Fsp3) is 0.750. The minimum atomic E-state index is -3.05. The second-order valence-corrected chi connectivity index (χ2v) is 7.14. The molecule has 1 fully saturated rings. The van der Waals surface area contributed by atoms with Gasteiger partial charge in [0.25, 0.3) is 0 Å². The van der Waals surface area contributed by atoms with Crippen molar-refractivity contribution in [2.45, 2.75) is 27.3 Å². The number of rotatable bonds is 4. The molecule has 2 rings (SSSR count). The lowest BCUT2D eigenvalue weighted by Gasteiger charge is -2.33. The maximum Gasteiger partial charge on any atom is 0.213 e. The summed E-state index contributed by atoms with van der Waals surface area (Å²) in [4.78, 5) is 2.24. The molecule has 0 radical (unpaired) electrons. The molecule has 0 spiro atoms. The lowest BCUT2D eigenvalue weighted by Crippen LogP contribution is -2.48. The molecular weight excluding hydrogens is 266 g/mol. The van der Waals surface area contributed by atoms with Gasteiger partial charge in [-0.1, -0.05) is 5.16 Å². The molecule has 1 aliphatic heterocycles. The minimum absolute atomic E-state index is 0.177. The van der Waals surface area contributed by atoms with Crippen molar-refractivity contribution in [2.24, 2.45) is 0 Å². The van der Waals surface area contributed by atoms with Crippen LogP contribution in [0.15, 0.2) is 4.52 Å². The van der Waals surface area contributed by atoms with Crippen molar-refractivity contribution in [3.8, 4) is 0 Å². The van der Waals surface area contributed by atoms with Gasteiger partial charge in [0, 0.05) is 38.3 Å². The molecule has 0 aliphatic carbocycles. The van der Waals surface area contributed by atoms with Crippen molar-refractivity contribution >= 4 is 10.0 Å². The lowest BCUT2D eigenvalue weighted by atomic mass is 10.2. The van der Waals surface area contributed by atoms with Gasteiger partial charge in [-0.2, -0.15) is 4.31 Å². The zero-order valence-corrected chi connectivity index (χ0v) is 12.5. The fourth-order valence-electron chi connectivity index (χ4n) is 2.30. The molecule has 108 valence electrons. The van der Waals surface area contributed by atoms with Gasteiger partial charge in [-0.05, 0) is 20.8 Å². The monoisotopic (exact) mass is 287 g/mol. The summed E-state index contributed by atoms with van der Waals surface area (Å²) in [6.45, 7) is 8.95. The molecule has 0 aromatic carbocycles. The maximum absolute atomic E-state index is 11.8. The van der Waals surface area contributed by atoms with E-state index in [1.807, 2.05) is 13.8 Å². The Morgan fingerprint density at radius 3 is 2.32 bits per heavy atom. The number of sulfonamides is 1. The maximum atomic E-state index is 11.8. The normalized spacial score (nSPS) is 18.9. The molecule has 0 unspecified atom stereocenters. The Morgan fingerprint density at radius 2 is 1.84 bits per heavy atom. The number of hydrogen-bond donors (Lipinski definition) is 0. The van der Waals surface area contributed by atoms with Crippen LogP contribution in [0.3, 0.4) is 0 Å². The predicted octanol–water partition coefficient (Wildman–Crippen LogP) is 0.759. The molecule has 0 amide bonds. The summed E-state index contributed by atoms with van der Waals surface area (Å²) in [6.07, 6.45) is 0. The number of aryl methyl sites for hydroxylation is 2. The summed E-state index contributed by atoms with van der Waals surface area (Å²) < 4.78 is 30.3. The van der Waals surface area contributed by atoms with Gasteiger partial charge in [-0.15, -0.1) is 0 Å². The molecule has 0 saturated carbocycles. The first-order chi connectivity index (χ1) is 8.94. The van der Waals surface area contributed by atoms with Gasteiger partial charge in [0.05, 0.1) is 11.4 Å². The topological polar surface area (TPSA) is 66.7 Å². The highest BCUT2D eigenvalue weighted by Crippen LogP contribution is 2.17. The minimum Gasteiger partial charge on any atom is -0.361 e. The number of piperazine rings is 1. The zero-order valence-electron chi connectivity index (χ0n) is 11.7. The standard InChI is InChI=1S/C12H21N3O3S/c1-4-19(16,17)15-7-5-14(6-8-15)9-12-10(2)13-18-11(12)3/h4-9H2,1-3H3. The molecule has 1 aromatic rings. The summed E-state index contributed by atoms with van der Waals surface area (Å²) in [5.41, 5.74) is 2.04. The zero-order chi connectivity index (χ0) is 14.0. The first-order valence-corrected chi connectivity index (χ1v) is 8.17. The van der Waals surface area contributed by atoms with Crippen LogP contribution in [0.5, 0.6) is 0 Å². The summed E-state index contributed by atoms with van der Waals surface area (Å²) in [6, 6.07) is 0. The van der Waals surface area contributed by atoms with Crippen LogP contribution >= 0.6 is 0 Å². The molecule has 0 atom stereocenters. The van der Waals surface area contributed by atoms with Gasteiger partial charge in [0.2, 0.25) is 10.0 Å². The van der Waals surface area contributed by atoms with Crippen LogP contribution in [0.4, 0.5) is 0 Å². The van der Waals surface area contributed by atoms with E-state index in [0.717, 1.165) is 36.7 Å². The summed E-state index contributed by atoms with van der Waals surface area (Å²) in [5.74, 6) is 1.03. The van der Waals surface area contributed by atoms with Crippen molar-refractivity contribution in [1.29, 1.82) is 0 Å². The van der Waals surface area contributed by atoms with Crippen LogP contribution in [0.1, 0.15) is 23.9 Å². The van der Waals surface area contributed by atoms with Gasteiger partial charge in [-0.3, -0.25) is 4.90 Å². The third-order valence-electron chi connectivity index (χ3n) is 3.65. The summed E-state index contributed by atoms with van der Waals surface area (Å²) in [5, 5.41) is 3.94. The van der Waals surface area contributed by atoms with Crippen LogP contribution < -0.4 is 0 Å². The lowest BCUT2D eigenvalue weighted by molar-refractivity contribution is 0.180. The van der Waals surface area contributed by atoms with Crippen LogP contribution in [0.2, 0.25) is 0 Å². The quantitative estimate of drug-likeness (QED) is 0.818. The van der Waals surface area contributed by atoms with E-state index in [-0.39, 0.29) is 5.75 Å². The van der Waals surface area contributed by atoms with E-state index in [1.54, 1.807) is 11.2 Å². The number of aromatic nitrogens is 1. The summed E-state index contributed by atoms with van der Waals surface area (Å²) >= 11 is 0. The van der Waals surface area contributed by atoms with Crippen molar-refractivity contribution in [1.82, 2.24) is 14.4 Å². The summed E-state index contributed by atoms with van der Waals surface area (Å²) in [7, 11) is -3.05. The van der Waals surface area contributed by atoms with E-state index in [1.165, 1.54) is 0 Å². The Hall–Kier alpha value is -0.920. The molecule has 0 N–H and O–H groups in total. The third kappa shape index (κ3) is 3.16. The number of hydrogen-bond acceptors (Lipinski definition) is 5. The first kappa shape index (κ1) is 14.5. The fourth-order valence-corrected chi connectivity index (χ4v) is 3.38. The van der Waals surface area contributed by atoms with Gasteiger partial charge in [0.15, 0.2) is 0 Å². The predicted molar refractivity (Wildman–Crippen MR) is 72.3 cm³/mol. The molecule has 7 heteroatoms. The molecule has 1 aliphatic rings. The van der Waals surface area contributed by atoms with Crippen molar-refractivity contribution in [3.63, 3.8) is 0 Å². The average molecular weight is 287 g/mol. The SMILES string of the molecule is CCS(=O)(=O)N1CCN(Cc2c(C)noc2C)CC1. The van der Waals surface area contributed by atoms with Gasteiger partial charge < -0.3 is 4.52 Å². The smallest absolute Gasteiger partial charge is 0.213 e. The van der Waals surface area contributed by atoms with Crippen LogP contribution in [0.25, 0.3) is 0 Å². The van der Waals surface area contributed by atoms with E-state index in [9.17, 15) is 8.42 Å². The largest absolute Gasteiger partial charge is 0.361 e. The van der Waals surface area contributed by atoms with Crippen molar-refractivity contribution in [3.05, 3.63) is 17.0 Å². The molecular formula is C12H21N3O3S. The third-order valence-corrected chi connectivity index (χ3v) is 5.53. The second kappa shape index (κ2) is 5.60. The first-order valence-electron chi connectivity index (χ1n) is 6.56. The highest BCUT2D eigenvalue weighted by atomic mass is 32.2. The molecule has 0 bridgehead atoms.